The van der Waals surface area contributed by atoms with Crippen molar-refractivity contribution >= 4 is 29.4 Å². The number of aromatic nitrogens is 2. The summed E-state index contributed by atoms with van der Waals surface area (Å²) in [6.07, 6.45) is 4.08. The molecule has 0 aromatic carbocycles. The molecule has 0 unspecified atom stereocenters. The van der Waals surface area contributed by atoms with Crippen LogP contribution in [0.2, 0.25) is 0 Å². The topological polar surface area (TPSA) is 94.0 Å². The highest BCUT2D eigenvalue weighted by atomic mass is 35.5. The number of rotatable bonds is 4. The first kappa shape index (κ1) is 18.7. The van der Waals surface area contributed by atoms with Crippen molar-refractivity contribution in [3.05, 3.63) is 23.0 Å². The van der Waals surface area contributed by atoms with Crippen molar-refractivity contribution in [3.63, 3.8) is 0 Å². The number of carbonyl (C=O) groups excluding carboxylic acids is 1. The Morgan fingerprint density at radius 3 is 2.67 bits per heavy atom. The number of amides is 1. The Bertz CT molecular complexity index is 736. The van der Waals surface area contributed by atoms with E-state index in [9.17, 15) is 4.79 Å². The van der Waals surface area contributed by atoms with Crippen molar-refractivity contribution in [1.82, 2.24) is 15.5 Å². The molecular weight excluding hydrogens is 328 g/mol. The summed E-state index contributed by atoms with van der Waals surface area (Å²) >= 11 is 0. The summed E-state index contributed by atoms with van der Waals surface area (Å²) in [4.78, 5) is 17.3. The number of pyridine rings is 1. The molecule has 1 aliphatic carbocycles. The van der Waals surface area contributed by atoms with Gasteiger partial charge in [-0.05, 0) is 31.7 Å². The summed E-state index contributed by atoms with van der Waals surface area (Å²) in [5, 5.41) is 7.99. The van der Waals surface area contributed by atoms with Crippen LogP contribution in [0.3, 0.4) is 0 Å². The minimum atomic E-state index is -0.282. The summed E-state index contributed by atoms with van der Waals surface area (Å²) in [6, 6.07) is 1.81. The summed E-state index contributed by atoms with van der Waals surface area (Å²) in [5.74, 6) is 0.0419. The number of hydrogen-bond acceptors (Lipinski definition) is 5. The maximum absolute atomic E-state index is 12.9. The quantitative estimate of drug-likeness (QED) is 0.881. The first-order valence-corrected chi connectivity index (χ1v) is 8.25. The van der Waals surface area contributed by atoms with E-state index >= 15 is 0 Å². The molecule has 2 heterocycles. The third-order valence-electron chi connectivity index (χ3n) is 4.72. The Balaban J connectivity index is 0.00000208. The van der Waals surface area contributed by atoms with Crippen LogP contribution >= 0.6 is 12.4 Å². The normalized spacial score (nSPS) is 16.4. The molecule has 1 aliphatic rings. The van der Waals surface area contributed by atoms with E-state index in [2.05, 4.69) is 15.5 Å². The molecule has 0 spiro atoms. The smallest absolute Gasteiger partial charge is 0.259 e. The molecule has 24 heavy (non-hydrogen) atoms. The fourth-order valence-corrected chi connectivity index (χ4v) is 3.41. The molecular formula is C17H25ClN4O2. The minimum Gasteiger partial charge on any atom is -0.345 e. The molecule has 6 nitrogen and oxygen atoms in total. The third-order valence-corrected chi connectivity index (χ3v) is 4.72. The van der Waals surface area contributed by atoms with Gasteiger partial charge in [0.1, 0.15) is 0 Å². The highest BCUT2D eigenvalue weighted by Gasteiger charge is 2.35. The lowest BCUT2D eigenvalue weighted by atomic mass is 9.96. The van der Waals surface area contributed by atoms with Gasteiger partial charge in [0.15, 0.2) is 0 Å². The monoisotopic (exact) mass is 352 g/mol. The second-order valence-electron chi connectivity index (χ2n) is 6.86. The predicted octanol–water partition coefficient (Wildman–Crippen LogP) is 3.08. The van der Waals surface area contributed by atoms with Crippen LogP contribution in [-0.4, -0.2) is 28.1 Å². The van der Waals surface area contributed by atoms with Gasteiger partial charge in [0, 0.05) is 12.2 Å². The summed E-state index contributed by atoms with van der Waals surface area (Å²) in [7, 11) is 0. The molecule has 7 heteroatoms. The second kappa shape index (κ2) is 7.07. The zero-order valence-corrected chi connectivity index (χ0v) is 15.2. The zero-order valence-electron chi connectivity index (χ0n) is 14.4. The number of nitrogens with two attached hydrogens (primary N) is 1. The van der Waals surface area contributed by atoms with Crippen LogP contribution in [0.1, 0.15) is 67.2 Å². The molecule has 0 atom stereocenters. The first-order valence-electron chi connectivity index (χ1n) is 8.25. The lowest BCUT2D eigenvalue weighted by Gasteiger charge is -2.28. The van der Waals surface area contributed by atoms with E-state index in [-0.39, 0.29) is 29.8 Å². The molecule has 3 N–H and O–H groups in total. The van der Waals surface area contributed by atoms with Gasteiger partial charge in [-0.2, -0.15) is 0 Å². The van der Waals surface area contributed by atoms with E-state index in [0.717, 1.165) is 37.1 Å². The number of hydrogen-bond donors (Lipinski definition) is 2. The number of nitrogens with one attached hydrogen (secondary N) is 1. The van der Waals surface area contributed by atoms with Crippen LogP contribution in [0.4, 0.5) is 0 Å². The maximum Gasteiger partial charge on any atom is 0.259 e. The molecule has 0 saturated heterocycles. The summed E-state index contributed by atoms with van der Waals surface area (Å²) in [6.45, 7) is 6.36. The largest absolute Gasteiger partial charge is 0.345 e. The lowest BCUT2D eigenvalue weighted by molar-refractivity contribution is 0.0904. The van der Waals surface area contributed by atoms with Gasteiger partial charge in [-0.25, -0.2) is 4.98 Å². The predicted molar refractivity (Wildman–Crippen MR) is 95.6 cm³/mol. The van der Waals surface area contributed by atoms with Crippen LogP contribution in [0.5, 0.6) is 0 Å². The van der Waals surface area contributed by atoms with E-state index in [0.29, 0.717) is 23.2 Å². The zero-order chi connectivity index (χ0) is 16.6. The highest BCUT2D eigenvalue weighted by Crippen LogP contribution is 2.31. The SMILES string of the molecule is Cc1cc(C(=O)NC2(CN)CCCC2)c2c(C(C)C)noc2n1.Cl. The van der Waals surface area contributed by atoms with Gasteiger partial charge in [0.2, 0.25) is 0 Å². The number of halogens is 1. The van der Waals surface area contributed by atoms with E-state index in [1.165, 1.54) is 0 Å². The van der Waals surface area contributed by atoms with Crippen LogP contribution in [0.25, 0.3) is 11.1 Å². The van der Waals surface area contributed by atoms with Crippen molar-refractivity contribution in [2.45, 2.75) is 57.9 Å². The van der Waals surface area contributed by atoms with Crippen LogP contribution < -0.4 is 11.1 Å². The van der Waals surface area contributed by atoms with Gasteiger partial charge in [-0.3, -0.25) is 4.79 Å². The molecule has 132 valence electrons. The Morgan fingerprint density at radius 1 is 1.42 bits per heavy atom. The van der Waals surface area contributed by atoms with Gasteiger partial charge in [-0.15, -0.1) is 12.4 Å². The van der Waals surface area contributed by atoms with Crippen LogP contribution in [0, 0.1) is 6.92 Å². The average Bonchev–Trinajstić information content (AvgIpc) is 3.13. The summed E-state index contributed by atoms with van der Waals surface area (Å²) < 4.78 is 5.34. The summed E-state index contributed by atoms with van der Waals surface area (Å²) in [5.41, 5.74) is 8.17. The molecule has 2 aromatic heterocycles. The number of fused-ring (bicyclic) bond motifs is 1. The molecule has 3 rings (SSSR count). The Morgan fingerprint density at radius 2 is 2.08 bits per heavy atom. The van der Waals surface area contributed by atoms with Gasteiger partial charge in [0.05, 0.1) is 22.2 Å². The van der Waals surface area contributed by atoms with Crippen molar-refractivity contribution in [2.24, 2.45) is 5.73 Å². The fraction of sp³-hybridized carbons (Fsp3) is 0.588. The van der Waals surface area contributed by atoms with Gasteiger partial charge < -0.3 is 15.6 Å². The first-order chi connectivity index (χ1) is 11.0. The molecule has 0 aliphatic heterocycles. The van der Waals surface area contributed by atoms with E-state index in [1.54, 1.807) is 6.07 Å². The number of aryl methyl sites for hydroxylation is 1. The average molecular weight is 353 g/mol. The van der Waals surface area contributed by atoms with Gasteiger partial charge in [-0.1, -0.05) is 31.8 Å². The molecule has 0 bridgehead atoms. The molecule has 2 aromatic rings. The number of nitrogens with zero attached hydrogens (tertiary/aromatic N) is 2. The minimum absolute atomic E-state index is 0. The van der Waals surface area contributed by atoms with Crippen LogP contribution in [-0.2, 0) is 0 Å². The fourth-order valence-electron chi connectivity index (χ4n) is 3.41. The Labute approximate surface area is 148 Å². The van der Waals surface area contributed by atoms with Crippen molar-refractivity contribution in [1.29, 1.82) is 0 Å². The Kier molecular flexibility index (Phi) is 5.50. The lowest BCUT2D eigenvalue weighted by Crippen LogP contribution is -2.51. The highest BCUT2D eigenvalue weighted by molar-refractivity contribution is 6.06. The van der Waals surface area contributed by atoms with Gasteiger partial charge in [0.25, 0.3) is 11.6 Å². The Hall–Kier alpha value is -1.66. The number of carbonyl (C=O) groups is 1. The van der Waals surface area contributed by atoms with E-state index in [4.69, 9.17) is 10.3 Å². The van der Waals surface area contributed by atoms with Crippen molar-refractivity contribution < 1.29 is 9.32 Å². The molecule has 1 fully saturated rings. The van der Waals surface area contributed by atoms with E-state index < -0.39 is 0 Å². The third kappa shape index (κ3) is 3.26. The molecule has 1 saturated carbocycles. The van der Waals surface area contributed by atoms with Gasteiger partial charge >= 0.3 is 0 Å². The van der Waals surface area contributed by atoms with Crippen LogP contribution in [0.15, 0.2) is 10.6 Å². The standard InChI is InChI=1S/C17H24N4O2.ClH/c1-10(2)14-13-12(8-11(3)19-16(13)23-21-14)15(22)20-17(9-18)6-4-5-7-17;/h8,10H,4-7,9,18H2,1-3H3,(H,20,22);1H. The maximum atomic E-state index is 12.9. The van der Waals surface area contributed by atoms with E-state index in [1.807, 2.05) is 20.8 Å². The van der Waals surface area contributed by atoms with Crippen molar-refractivity contribution in [3.8, 4) is 0 Å². The van der Waals surface area contributed by atoms with Crippen molar-refractivity contribution in [2.75, 3.05) is 6.54 Å². The second-order valence-corrected chi connectivity index (χ2v) is 6.86. The molecule has 1 amide bonds. The molecule has 0 radical (unpaired) electrons.